The Morgan fingerprint density at radius 3 is 2.71 bits per heavy atom. The highest BCUT2D eigenvalue weighted by Gasteiger charge is 2.11. The molecule has 1 aromatic heterocycles. The molecule has 0 saturated heterocycles. The maximum atomic E-state index is 11.9. The van der Waals surface area contributed by atoms with Crippen molar-refractivity contribution in [2.75, 3.05) is 0 Å². The van der Waals surface area contributed by atoms with E-state index in [9.17, 15) is 4.79 Å². The summed E-state index contributed by atoms with van der Waals surface area (Å²) in [6.07, 6.45) is 0.201. The van der Waals surface area contributed by atoms with E-state index in [0.717, 1.165) is 21.2 Å². The molecule has 0 unspecified atom stereocenters. The van der Waals surface area contributed by atoms with Gasteiger partial charge in [-0.1, -0.05) is 45.8 Å². The van der Waals surface area contributed by atoms with Crippen molar-refractivity contribution in [1.82, 2.24) is 10.2 Å². The van der Waals surface area contributed by atoms with Gasteiger partial charge in [-0.05, 0) is 36.8 Å². The van der Waals surface area contributed by atoms with Crippen molar-refractivity contribution in [2.24, 2.45) is 0 Å². The number of ether oxygens (including phenoxy) is 1. The Morgan fingerprint density at radius 2 is 1.96 bits per heavy atom. The number of hydrogen-bond donors (Lipinski definition) is 0. The van der Waals surface area contributed by atoms with Gasteiger partial charge >= 0.3 is 5.97 Å². The van der Waals surface area contributed by atoms with Crippen molar-refractivity contribution in [3.8, 4) is 11.5 Å². The Kier molecular flexibility index (Phi) is 5.05. The van der Waals surface area contributed by atoms with Gasteiger partial charge in [0.1, 0.15) is 0 Å². The van der Waals surface area contributed by atoms with Crippen LogP contribution in [-0.4, -0.2) is 16.2 Å². The molecule has 24 heavy (non-hydrogen) atoms. The summed E-state index contributed by atoms with van der Waals surface area (Å²) in [5, 5.41) is 7.90. The maximum Gasteiger partial charge on any atom is 0.310 e. The molecule has 0 saturated carbocycles. The first kappa shape index (κ1) is 16.4. The second kappa shape index (κ2) is 7.40. The van der Waals surface area contributed by atoms with Crippen molar-refractivity contribution in [3.63, 3.8) is 0 Å². The molecule has 0 amide bonds. The minimum atomic E-state index is -0.340. The number of esters is 1. The molecule has 3 rings (SSSR count). The molecule has 0 N–H and O–H groups in total. The van der Waals surface area contributed by atoms with Crippen LogP contribution in [0.2, 0.25) is 0 Å². The van der Waals surface area contributed by atoms with Crippen LogP contribution in [0, 0.1) is 6.92 Å². The lowest BCUT2D eigenvalue weighted by Crippen LogP contribution is -2.08. The molecule has 2 aromatic carbocycles. The first-order valence-electron chi connectivity index (χ1n) is 7.39. The van der Waals surface area contributed by atoms with Crippen molar-refractivity contribution >= 4 is 21.9 Å². The van der Waals surface area contributed by atoms with E-state index in [-0.39, 0.29) is 24.9 Å². The smallest absolute Gasteiger partial charge is 0.310 e. The van der Waals surface area contributed by atoms with E-state index in [1.165, 1.54) is 0 Å². The van der Waals surface area contributed by atoms with Gasteiger partial charge in [-0.25, -0.2) is 0 Å². The summed E-state index contributed by atoms with van der Waals surface area (Å²) in [4.78, 5) is 11.9. The molecule has 0 atom stereocenters. The van der Waals surface area contributed by atoms with E-state index in [1.54, 1.807) is 0 Å². The van der Waals surface area contributed by atoms with Gasteiger partial charge in [0.05, 0.1) is 6.42 Å². The lowest BCUT2D eigenvalue weighted by molar-refractivity contribution is -0.144. The third kappa shape index (κ3) is 4.29. The number of carbonyl (C=O) groups is 1. The zero-order valence-electron chi connectivity index (χ0n) is 13.0. The predicted octanol–water partition coefficient (Wildman–Crippen LogP) is 4.09. The van der Waals surface area contributed by atoms with E-state index in [0.29, 0.717) is 5.89 Å². The fourth-order valence-electron chi connectivity index (χ4n) is 2.17. The summed E-state index contributed by atoms with van der Waals surface area (Å²) in [7, 11) is 0. The van der Waals surface area contributed by atoms with Gasteiger partial charge in [0.25, 0.3) is 5.89 Å². The van der Waals surface area contributed by atoms with Crippen LogP contribution in [0.5, 0.6) is 0 Å². The number of benzene rings is 2. The summed E-state index contributed by atoms with van der Waals surface area (Å²) in [6, 6.07) is 15.3. The zero-order chi connectivity index (χ0) is 16.9. The molecule has 0 bridgehead atoms. The van der Waals surface area contributed by atoms with Gasteiger partial charge in [-0.15, -0.1) is 10.2 Å². The fraction of sp³-hybridized carbons (Fsp3) is 0.167. The van der Waals surface area contributed by atoms with Crippen LogP contribution in [0.25, 0.3) is 11.5 Å². The monoisotopic (exact) mass is 386 g/mol. The van der Waals surface area contributed by atoms with Gasteiger partial charge < -0.3 is 9.15 Å². The number of halogens is 1. The second-order valence-electron chi connectivity index (χ2n) is 5.33. The molecule has 6 heteroatoms. The molecule has 0 fully saturated rings. The van der Waals surface area contributed by atoms with Gasteiger partial charge in [-0.2, -0.15) is 0 Å². The average Bonchev–Trinajstić information content (AvgIpc) is 3.04. The number of aryl methyl sites for hydroxylation is 1. The molecule has 0 aliphatic heterocycles. The van der Waals surface area contributed by atoms with Crippen molar-refractivity contribution in [1.29, 1.82) is 0 Å². The molecule has 0 aliphatic rings. The number of hydrogen-bond acceptors (Lipinski definition) is 5. The van der Waals surface area contributed by atoms with Crippen molar-refractivity contribution in [2.45, 2.75) is 20.0 Å². The SMILES string of the molecule is Cc1cccc(-c2nnc(COC(=O)Cc3ccc(Br)cc3)o2)c1. The molecular weight excluding hydrogens is 372 g/mol. The average molecular weight is 387 g/mol. The number of aromatic nitrogens is 2. The first-order chi connectivity index (χ1) is 11.6. The lowest BCUT2D eigenvalue weighted by Gasteiger charge is -2.02. The highest BCUT2D eigenvalue weighted by molar-refractivity contribution is 9.10. The van der Waals surface area contributed by atoms with E-state index in [4.69, 9.17) is 9.15 Å². The second-order valence-corrected chi connectivity index (χ2v) is 6.25. The molecular formula is C18H15BrN2O3. The molecule has 0 spiro atoms. The Hall–Kier alpha value is -2.47. The standard InChI is InChI=1S/C18H15BrN2O3/c1-12-3-2-4-14(9-12)18-21-20-16(24-18)11-23-17(22)10-13-5-7-15(19)8-6-13/h2-9H,10-11H2,1H3. The van der Waals surface area contributed by atoms with E-state index < -0.39 is 0 Å². The summed E-state index contributed by atoms with van der Waals surface area (Å²) >= 11 is 3.36. The van der Waals surface area contributed by atoms with Crippen LogP contribution >= 0.6 is 15.9 Å². The van der Waals surface area contributed by atoms with Gasteiger partial charge in [0, 0.05) is 10.0 Å². The minimum absolute atomic E-state index is 0.0336. The van der Waals surface area contributed by atoms with Crippen molar-refractivity contribution < 1.29 is 13.9 Å². The van der Waals surface area contributed by atoms with Gasteiger partial charge in [-0.3, -0.25) is 4.79 Å². The summed E-state index contributed by atoms with van der Waals surface area (Å²) < 4.78 is 11.7. The number of nitrogens with zero attached hydrogens (tertiary/aromatic N) is 2. The molecule has 1 heterocycles. The third-order valence-electron chi connectivity index (χ3n) is 3.35. The Labute approximate surface area is 147 Å². The predicted molar refractivity (Wildman–Crippen MR) is 92.1 cm³/mol. The molecule has 5 nitrogen and oxygen atoms in total. The molecule has 0 radical (unpaired) electrons. The molecule has 0 aliphatic carbocycles. The zero-order valence-corrected chi connectivity index (χ0v) is 14.6. The van der Waals surface area contributed by atoms with Crippen LogP contribution in [0.4, 0.5) is 0 Å². The topological polar surface area (TPSA) is 65.2 Å². The van der Waals surface area contributed by atoms with Crippen LogP contribution in [0.3, 0.4) is 0 Å². The van der Waals surface area contributed by atoms with Crippen LogP contribution in [0.15, 0.2) is 57.4 Å². The Morgan fingerprint density at radius 1 is 1.17 bits per heavy atom. The Bertz CT molecular complexity index is 843. The summed E-state index contributed by atoms with van der Waals surface area (Å²) in [6.45, 7) is 1.96. The molecule has 3 aromatic rings. The van der Waals surface area contributed by atoms with E-state index >= 15 is 0 Å². The van der Waals surface area contributed by atoms with Crippen LogP contribution in [0.1, 0.15) is 17.0 Å². The maximum absolute atomic E-state index is 11.9. The minimum Gasteiger partial charge on any atom is -0.455 e. The van der Waals surface area contributed by atoms with Gasteiger partial charge in [0.15, 0.2) is 6.61 Å². The normalized spacial score (nSPS) is 10.6. The fourth-order valence-corrected chi connectivity index (χ4v) is 2.43. The van der Waals surface area contributed by atoms with Gasteiger partial charge in [0.2, 0.25) is 5.89 Å². The number of rotatable bonds is 5. The van der Waals surface area contributed by atoms with E-state index in [1.807, 2.05) is 55.5 Å². The lowest BCUT2D eigenvalue weighted by atomic mass is 10.1. The third-order valence-corrected chi connectivity index (χ3v) is 3.88. The van der Waals surface area contributed by atoms with Crippen LogP contribution < -0.4 is 0 Å². The van der Waals surface area contributed by atoms with Crippen LogP contribution in [-0.2, 0) is 22.6 Å². The summed E-state index contributed by atoms with van der Waals surface area (Å²) in [5.74, 6) is 0.348. The van der Waals surface area contributed by atoms with E-state index in [2.05, 4.69) is 26.1 Å². The first-order valence-corrected chi connectivity index (χ1v) is 8.19. The largest absolute Gasteiger partial charge is 0.455 e. The summed E-state index contributed by atoms with van der Waals surface area (Å²) in [5.41, 5.74) is 2.83. The van der Waals surface area contributed by atoms with Crippen molar-refractivity contribution in [3.05, 3.63) is 70.0 Å². The molecule has 122 valence electrons. The quantitative estimate of drug-likeness (QED) is 0.617. The highest BCUT2D eigenvalue weighted by Crippen LogP contribution is 2.19. The number of carbonyl (C=O) groups excluding carboxylic acids is 1. The highest BCUT2D eigenvalue weighted by atomic mass is 79.9. The Balaban J connectivity index is 1.57.